The molecule has 0 radical (unpaired) electrons. The Hall–Kier alpha value is -1.27. The number of nitrogens with zero attached hydrogens (tertiary/aromatic N) is 1. The van der Waals surface area contributed by atoms with Crippen LogP contribution in [0.15, 0.2) is 6.20 Å². The molecule has 0 spiro atoms. The number of halogens is 7. The molecule has 1 aromatic heterocycles. The Balaban J connectivity index is 3.54. The Morgan fingerprint density at radius 3 is 2.29 bits per heavy atom. The molecule has 0 saturated heterocycles. The fraction of sp³-hybridized carbons (Fsp3) is 0.400. The third-order valence-electron chi connectivity index (χ3n) is 1.99. The molecule has 0 aliphatic heterocycles. The average molecular weight is 429 g/mol. The second-order valence-corrected chi connectivity index (χ2v) is 4.45. The van der Waals surface area contributed by atoms with E-state index in [-0.39, 0.29) is 6.61 Å². The molecule has 21 heavy (non-hydrogen) atoms. The van der Waals surface area contributed by atoms with Gasteiger partial charge in [-0.2, -0.15) is 13.2 Å². The van der Waals surface area contributed by atoms with Crippen LogP contribution in [0.25, 0.3) is 0 Å². The van der Waals surface area contributed by atoms with E-state index in [1.807, 2.05) is 0 Å². The number of carbonyl (C=O) groups excluding carboxylic acids is 1. The SMILES string of the molecule is CCOC(=O)c1cnc(I)c(OC(F)(F)F)c1C(F)(F)F. The van der Waals surface area contributed by atoms with E-state index >= 15 is 0 Å². The van der Waals surface area contributed by atoms with E-state index in [9.17, 15) is 31.1 Å². The van der Waals surface area contributed by atoms with Gasteiger partial charge < -0.3 is 9.47 Å². The number of esters is 1. The number of hydrogen-bond acceptors (Lipinski definition) is 4. The molecule has 0 N–H and O–H groups in total. The standard InChI is InChI=1S/C10H6F6INO3/c1-2-20-8(19)4-3-18-7(17)6(21-10(14,15)16)5(4)9(11,12)13/h3H,2H2,1H3. The molecule has 0 saturated carbocycles. The molecule has 1 heterocycles. The summed E-state index contributed by atoms with van der Waals surface area (Å²) in [4.78, 5) is 14.7. The van der Waals surface area contributed by atoms with Gasteiger partial charge in [0, 0.05) is 6.20 Å². The zero-order valence-corrected chi connectivity index (χ0v) is 12.3. The highest BCUT2D eigenvalue weighted by molar-refractivity contribution is 14.1. The van der Waals surface area contributed by atoms with Crippen molar-refractivity contribution in [2.24, 2.45) is 0 Å². The van der Waals surface area contributed by atoms with Gasteiger partial charge in [-0.25, -0.2) is 9.78 Å². The van der Waals surface area contributed by atoms with Crippen molar-refractivity contribution in [1.82, 2.24) is 4.98 Å². The first-order valence-electron chi connectivity index (χ1n) is 5.16. The number of ether oxygens (including phenoxy) is 2. The lowest BCUT2D eigenvalue weighted by molar-refractivity contribution is -0.276. The quantitative estimate of drug-likeness (QED) is 0.318. The largest absolute Gasteiger partial charge is 0.573 e. The molecule has 0 atom stereocenters. The van der Waals surface area contributed by atoms with Crippen molar-refractivity contribution >= 4 is 28.6 Å². The number of hydrogen-bond donors (Lipinski definition) is 0. The molecule has 0 bridgehead atoms. The number of pyridine rings is 1. The van der Waals surface area contributed by atoms with Crippen LogP contribution in [0, 0.1) is 3.70 Å². The Morgan fingerprint density at radius 2 is 1.86 bits per heavy atom. The summed E-state index contributed by atoms with van der Waals surface area (Å²) in [5.41, 5.74) is -3.03. The maximum Gasteiger partial charge on any atom is 0.573 e. The summed E-state index contributed by atoms with van der Waals surface area (Å²) in [6, 6.07) is 0. The van der Waals surface area contributed by atoms with Gasteiger partial charge in [0.05, 0.1) is 12.2 Å². The summed E-state index contributed by atoms with van der Waals surface area (Å²) in [7, 11) is 0. The Labute approximate surface area is 127 Å². The van der Waals surface area contributed by atoms with Crippen LogP contribution in [0.5, 0.6) is 5.75 Å². The van der Waals surface area contributed by atoms with E-state index in [1.165, 1.54) is 6.92 Å². The normalized spacial score (nSPS) is 12.2. The second-order valence-electron chi connectivity index (χ2n) is 3.43. The predicted molar refractivity (Wildman–Crippen MR) is 64.6 cm³/mol. The molecular formula is C10H6F6INO3. The molecule has 0 unspecified atom stereocenters. The minimum Gasteiger partial charge on any atom is -0.462 e. The van der Waals surface area contributed by atoms with Crippen LogP contribution in [0.4, 0.5) is 26.3 Å². The van der Waals surface area contributed by atoms with E-state index in [4.69, 9.17) is 0 Å². The highest BCUT2D eigenvalue weighted by atomic mass is 127. The monoisotopic (exact) mass is 429 g/mol. The zero-order valence-electron chi connectivity index (χ0n) is 10.1. The summed E-state index contributed by atoms with van der Waals surface area (Å²) in [6.07, 6.45) is -10.1. The van der Waals surface area contributed by atoms with E-state index < -0.39 is 39.1 Å². The lowest BCUT2D eigenvalue weighted by atomic mass is 10.1. The van der Waals surface area contributed by atoms with Gasteiger partial charge in [-0.05, 0) is 29.5 Å². The highest BCUT2D eigenvalue weighted by Crippen LogP contribution is 2.42. The maximum atomic E-state index is 13.0. The predicted octanol–water partition coefficient (Wildman–Crippen LogP) is 3.78. The summed E-state index contributed by atoms with van der Waals surface area (Å²) in [6.45, 7) is 1.08. The lowest BCUT2D eigenvalue weighted by Crippen LogP contribution is -2.24. The van der Waals surface area contributed by atoms with Crippen LogP contribution in [-0.2, 0) is 10.9 Å². The Bertz CT molecular complexity index is 543. The molecule has 1 rings (SSSR count). The number of aromatic nitrogens is 1. The molecule has 0 aliphatic rings. The molecular weight excluding hydrogens is 423 g/mol. The van der Waals surface area contributed by atoms with Gasteiger partial charge in [-0.15, -0.1) is 13.2 Å². The van der Waals surface area contributed by atoms with Crippen LogP contribution in [0.3, 0.4) is 0 Å². The van der Waals surface area contributed by atoms with Crippen molar-refractivity contribution in [3.63, 3.8) is 0 Å². The Kier molecular flexibility index (Phi) is 5.28. The third kappa shape index (κ3) is 4.61. The van der Waals surface area contributed by atoms with Crippen molar-refractivity contribution in [2.75, 3.05) is 6.61 Å². The zero-order chi connectivity index (χ0) is 16.4. The van der Waals surface area contributed by atoms with Crippen molar-refractivity contribution < 1.29 is 40.6 Å². The topological polar surface area (TPSA) is 48.4 Å². The summed E-state index contributed by atoms with van der Waals surface area (Å²) in [5.74, 6) is -3.03. The fourth-order valence-corrected chi connectivity index (χ4v) is 1.84. The number of rotatable bonds is 3. The van der Waals surface area contributed by atoms with Crippen LogP contribution in [0.1, 0.15) is 22.8 Å². The van der Waals surface area contributed by atoms with Crippen LogP contribution >= 0.6 is 22.6 Å². The van der Waals surface area contributed by atoms with Gasteiger partial charge in [0.15, 0.2) is 5.75 Å². The van der Waals surface area contributed by atoms with Gasteiger partial charge in [-0.3, -0.25) is 0 Å². The van der Waals surface area contributed by atoms with Gasteiger partial charge in [0.2, 0.25) is 0 Å². The summed E-state index contributed by atoms with van der Waals surface area (Å²) in [5, 5.41) is 0. The minimum absolute atomic E-state index is 0.252. The van der Waals surface area contributed by atoms with Gasteiger partial charge >= 0.3 is 18.5 Å². The lowest BCUT2D eigenvalue weighted by Gasteiger charge is -2.18. The molecule has 11 heteroatoms. The highest BCUT2D eigenvalue weighted by Gasteiger charge is 2.44. The smallest absolute Gasteiger partial charge is 0.462 e. The van der Waals surface area contributed by atoms with Crippen LogP contribution < -0.4 is 4.74 Å². The first-order chi connectivity index (χ1) is 9.47. The Morgan fingerprint density at radius 1 is 1.29 bits per heavy atom. The molecule has 0 amide bonds. The van der Waals surface area contributed by atoms with E-state index in [0.717, 1.165) is 22.6 Å². The van der Waals surface area contributed by atoms with Gasteiger partial charge in [-0.1, -0.05) is 0 Å². The van der Waals surface area contributed by atoms with E-state index in [0.29, 0.717) is 6.20 Å². The molecule has 1 aromatic rings. The molecule has 4 nitrogen and oxygen atoms in total. The van der Waals surface area contributed by atoms with E-state index in [1.54, 1.807) is 0 Å². The first kappa shape index (κ1) is 17.8. The molecule has 0 aliphatic carbocycles. The van der Waals surface area contributed by atoms with Gasteiger partial charge in [0.25, 0.3) is 0 Å². The van der Waals surface area contributed by atoms with E-state index in [2.05, 4.69) is 14.5 Å². The second kappa shape index (κ2) is 6.23. The van der Waals surface area contributed by atoms with Crippen molar-refractivity contribution in [1.29, 1.82) is 0 Å². The minimum atomic E-state index is -5.37. The third-order valence-corrected chi connectivity index (χ3v) is 2.76. The average Bonchev–Trinajstić information content (AvgIpc) is 2.28. The summed E-state index contributed by atoms with van der Waals surface area (Å²) >= 11 is 1.14. The van der Waals surface area contributed by atoms with Crippen molar-refractivity contribution in [3.05, 3.63) is 21.0 Å². The van der Waals surface area contributed by atoms with Crippen LogP contribution in [-0.4, -0.2) is 23.9 Å². The van der Waals surface area contributed by atoms with Gasteiger partial charge in [0.1, 0.15) is 9.26 Å². The van der Waals surface area contributed by atoms with Crippen LogP contribution in [0.2, 0.25) is 0 Å². The molecule has 0 fully saturated rings. The number of carbonyl (C=O) groups is 1. The van der Waals surface area contributed by atoms with Crippen molar-refractivity contribution in [3.8, 4) is 5.75 Å². The van der Waals surface area contributed by atoms with Crippen molar-refractivity contribution in [2.45, 2.75) is 19.5 Å². The fourth-order valence-electron chi connectivity index (χ4n) is 1.32. The summed E-state index contributed by atoms with van der Waals surface area (Å²) < 4.78 is 82.7. The maximum absolute atomic E-state index is 13.0. The molecule has 118 valence electrons. The number of alkyl halides is 6. The first-order valence-corrected chi connectivity index (χ1v) is 6.23. The molecule has 0 aromatic carbocycles.